The van der Waals surface area contributed by atoms with Gasteiger partial charge in [-0.25, -0.2) is 4.79 Å². The maximum atomic E-state index is 12.0. The third kappa shape index (κ3) is 7.87. The Balaban J connectivity index is 0.000000206. The minimum absolute atomic E-state index is 0.370. The Labute approximate surface area is 221 Å². The zero-order valence-electron chi connectivity index (χ0n) is 21.5. The number of ether oxygens (including phenoxy) is 1. The summed E-state index contributed by atoms with van der Waals surface area (Å²) in [5.41, 5.74) is 4.02. The number of halogens is 1. The van der Waals surface area contributed by atoms with Gasteiger partial charge >= 0.3 is 5.97 Å². The third-order valence-electron chi connectivity index (χ3n) is 5.40. The van der Waals surface area contributed by atoms with Gasteiger partial charge in [0, 0.05) is 10.6 Å². The molecule has 37 heavy (non-hydrogen) atoms. The SMILES string of the molecule is CC1=CC=C(Cl)/C(=C(/C)C(O)C(=O)NC(C)(C)C)C1.O=C(Oc1ccccc1)c1ccc2n[nH]nc2c1. The van der Waals surface area contributed by atoms with Crippen LogP contribution in [0.15, 0.2) is 82.4 Å². The molecule has 1 amide bonds. The van der Waals surface area contributed by atoms with Crippen molar-refractivity contribution in [2.75, 3.05) is 0 Å². The normalized spacial score (nSPS) is 15.5. The fraction of sp³-hybridized carbons (Fsp3) is 0.286. The van der Waals surface area contributed by atoms with E-state index in [2.05, 4.69) is 20.7 Å². The van der Waals surface area contributed by atoms with Crippen LogP contribution in [0.3, 0.4) is 0 Å². The molecule has 1 aliphatic carbocycles. The summed E-state index contributed by atoms with van der Waals surface area (Å²) in [7, 11) is 0. The number of aliphatic hydroxyl groups excluding tert-OH is 1. The Hall–Kier alpha value is -3.75. The fourth-order valence-electron chi connectivity index (χ4n) is 3.49. The average molecular weight is 523 g/mol. The van der Waals surface area contributed by atoms with Gasteiger partial charge in [-0.1, -0.05) is 41.4 Å². The van der Waals surface area contributed by atoms with E-state index in [0.29, 0.717) is 39.4 Å². The molecule has 1 heterocycles. The predicted molar refractivity (Wildman–Crippen MR) is 144 cm³/mol. The second-order valence-corrected chi connectivity index (χ2v) is 10.1. The standard InChI is InChI=1S/C15H22ClNO2.C13H9N3O2/c1-9-6-7-12(16)11(8-9)10(2)13(18)14(19)17-15(3,4)5;17-13(18-10-4-2-1-3-5-10)9-6-7-11-12(8-9)15-16-14-11/h6-7,13,18H,8H2,1-5H3,(H,17,19);1-8H,(H,14,15,16)/b11-10-;. The number of hydrogen-bond donors (Lipinski definition) is 3. The van der Waals surface area contributed by atoms with E-state index in [0.717, 1.165) is 11.1 Å². The highest BCUT2D eigenvalue weighted by Crippen LogP contribution is 2.31. The van der Waals surface area contributed by atoms with Crippen LogP contribution in [0.2, 0.25) is 0 Å². The summed E-state index contributed by atoms with van der Waals surface area (Å²) in [5, 5.41) is 23.8. The lowest BCUT2D eigenvalue weighted by atomic mass is 9.93. The number of carbonyl (C=O) groups excluding carboxylic acids is 2. The van der Waals surface area contributed by atoms with E-state index >= 15 is 0 Å². The first kappa shape index (κ1) is 27.8. The lowest BCUT2D eigenvalue weighted by molar-refractivity contribution is -0.129. The quantitative estimate of drug-likeness (QED) is 0.319. The number of benzene rings is 2. The number of nitrogens with one attached hydrogen (secondary N) is 2. The van der Waals surface area contributed by atoms with Gasteiger partial charge in [0.2, 0.25) is 0 Å². The van der Waals surface area contributed by atoms with E-state index in [1.165, 1.54) is 0 Å². The number of nitrogens with zero attached hydrogens (tertiary/aromatic N) is 2. The van der Waals surface area contributed by atoms with Crippen LogP contribution in [0.4, 0.5) is 0 Å². The summed E-state index contributed by atoms with van der Waals surface area (Å²) < 4.78 is 5.23. The second kappa shape index (κ2) is 12.0. The number of aromatic amines is 1. The fourth-order valence-corrected chi connectivity index (χ4v) is 3.77. The topological polar surface area (TPSA) is 117 Å². The smallest absolute Gasteiger partial charge is 0.343 e. The van der Waals surface area contributed by atoms with Crippen LogP contribution in [0.25, 0.3) is 11.0 Å². The van der Waals surface area contributed by atoms with Crippen LogP contribution in [0.5, 0.6) is 5.75 Å². The molecule has 0 saturated heterocycles. The van der Waals surface area contributed by atoms with Gasteiger partial charge in [0.25, 0.3) is 5.91 Å². The second-order valence-electron chi connectivity index (χ2n) is 9.74. The van der Waals surface area contributed by atoms with Gasteiger partial charge in [-0.2, -0.15) is 15.4 Å². The summed E-state index contributed by atoms with van der Waals surface area (Å²) in [6, 6.07) is 14.0. The van der Waals surface area contributed by atoms with Crippen LogP contribution in [0.1, 0.15) is 51.4 Å². The predicted octanol–water partition coefficient (Wildman–Crippen LogP) is 5.23. The van der Waals surface area contributed by atoms with Crippen molar-refractivity contribution >= 4 is 34.5 Å². The molecule has 0 aliphatic heterocycles. The van der Waals surface area contributed by atoms with Crippen LogP contribution < -0.4 is 10.1 Å². The number of carbonyl (C=O) groups is 2. The highest BCUT2D eigenvalue weighted by Gasteiger charge is 2.25. The number of amides is 1. The van der Waals surface area contributed by atoms with Crippen molar-refractivity contribution in [3.63, 3.8) is 0 Å². The molecule has 0 radical (unpaired) electrons. The molecule has 8 nitrogen and oxygen atoms in total. The van der Waals surface area contributed by atoms with E-state index in [-0.39, 0.29) is 5.54 Å². The van der Waals surface area contributed by atoms with Crippen LogP contribution in [-0.4, -0.2) is 44.0 Å². The minimum atomic E-state index is -1.16. The molecule has 0 bridgehead atoms. The Bertz CT molecular complexity index is 1370. The number of para-hydroxylation sites is 1. The molecule has 3 N–H and O–H groups in total. The molecule has 1 aliphatic rings. The molecular formula is C28H31ClN4O4. The molecule has 4 rings (SSSR count). The molecule has 3 aromatic rings. The monoisotopic (exact) mass is 522 g/mol. The molecule has 1 unspecified atom stereocenters. The van der Waals surface area contributed by atoms with Crippen molar-refractivity contribution in [1.29, 1.82) is 0 Å². The van der Waals surface area contributed by atoms with Gasteiger partial charge in [0.15, 0.2) is 6.10 Å². The lowest BCUT2D eigenvalue weighted by Crippen LogP contribution is -2.46. The summed E-state index contributed by atoms with van der Waals surface area (Å²) in [6.45, 7) is 9.37. The van der Waals surface area contributed by atoms with E-state index in [4.69, 9.17) is 16.3 Å². The first-order valence-electron chi connectivity index (χ1n) is 11.8. The molecule has 2 aromatic carbocycles. The van der Waals surface area contributed by atoms with Crippen molar-refractivity contribution in [2.24, 2.45) is 0 Å². The van der Waals surface area contributed by atoms with Crippen molar-refractivity contribution in [3.05, 3.63) is 88.0 Å². The van der Waals surface area contributed by atoms with Gasteiger partial charge in [-0.15, -0.1) is 0 Å². The zero-order valence-corrected chi connectivity index (χ0v) is 22.3. The summed E-state index contributed by atoms with van der Waals surface area (Å²) >= 11 is 6.14. The highest BCUT2D eigenvalue weighted by molar-refractivity contribution is 6.32. The van der Waals surface area contributed by atoms with Crippen molar-refractivity contribution < 1.29 is 19.4 Å². The van der Waals surface area contributed by atoms with Gasteiger partial charge in [-0.05, 0) is 88.6 Å². The number of hydrogen-bond acceptors (Lipinski definition) is 6. The molecule has 9 heteroatoms. The molecule has 194 valence electrons. The lowest BCUT2D eigenvalue weighted by Gasteiger charge is -2.24. The number of H-pyrrole nitrogens is 1. The maximum absolute atomic E-state index is 12.0. The third-order valence-corrected chi connectivity index (χ3v) is 5.75. The zero-order chi connectivity index (χ0) is 27.2. The average Bonchev–Trinajstić information content (AvgIpc) is 3.32. The summed E-state index contributed by atoms with van der Waals surface area (Å²) in [5.74, 6) is -0.289. The van der Waals surface area contributed by atoms with Gasteiger partial charge in [0.1, 0.15) is 16.8 Å². The first-order valence-corrected chi connectivity index (χ1v) is 12.1. The van der Waals surface area contributed by atoms with Crippen molar-refractivity contribution in [3.8, 4) is 5.75 Å². The molecule has 0 spiro atoms. The number of aromatic nitrogens is 3. The Morgan fingerprint density at radius 3 is 2.43 bits per heavy atom. The number of rotatable bonds is 4. The van der Waals surface area contributed by atoms with Crippen molar-refractivity contribution in [2.45, 2.75) is 52.7 Å². The number of allylic oxidation sites excluding steroid dienone is 5. The molecule has 1 aromatic heterocycles. The van der Waals surface area contributed by atoms with Crippen LogP contribution in [-0.2, 0) is 4.79 Å². The molecule has 0 saturated carbocycles. The number of aliphatic hydroxyl groups is 1. The minimum Gasteiger partial charge on any atom is -0.423 e. The molecule has 0 fully saturated rings. The Morgan fingerprint density at radius 2 is 1.76 bits per heavy atom. The maximum Gasteiger partial charge on any atom is 0.343 e. The van der Waals surface area contributed by atoms with Gasteiger partial charge < -0.3 is 15.2 Å². The van der Waals surface area contributed by atoms with Crippen LogP contribution in [0, 0.1) is 0 Å². The summed E-state index contributed by atoms with van der Waals surface area (Å²) in [6.07, 6.45) is 3.25. The van der Waals surface area contributed by atoms with E-state index < -0.39 is 18.0 Å². The molecule has 1 atom stereocenters. The number of fused-ring (bicyclic) bond motifs is 1. The summed E-state index contributed by atoms with van der Waals surface area (Å²) in [4.78, 5) is 23.9. The Kier molecular flexibility index (Phi) is 9.02. The molecular weight excluding hydrogens is 492 g/mol. The largest absolute Gasteiger partial charge is 0.423 e. The first-order chi connectivity index (χ1) is 17.4. The van der Waals surface area contributed by atoms with Crippen molar-refractivity contribution in [1.82, 2.24) is 20.7 Å². The van der Waals surface area contributed by atoms with Gasteiger partial charge in [0.05, 0.1) is 5.56 Å². The van der Waals surface area contributed by atoms with Crippen LogP contribution >= 0.6 is 11.6 Å². The van der Waals surface area contributed by atoms with E-state index in [9.17, 15) is 14.7 Å². The number of esters is 1. The van der Waals surface area contributed by atoms with E-state index in [1.807, 2.05) is 52.0 Å². The highest BCUT2D eigenvalue weighted by atomic mass is 35.5. The Morgan fingerprint density at radius 1 is 1.08 bits per heavy atom. The van der Waals surface area contributed by atoms with E-state index in [1.54, 1.807) is 43.3 Å². The van der Waals surface area contributed by atoms with Gasteiger partial charge in [-0.3, -0.25) is 4.79 Å².